The van der Waals surface area contributed by atoms with Gasteiger partial charge in [0.25, 0.3) is 0 Å². The van der Waals surface area contributed by atoms with Gasteiger partial charge in [0.15, 0.2) is 0 Å². The van der Waals surface area contributed by atoms with Crippen molar-refractivity contribution in [2.24, 2.45) is 0 Å². The number of likely N-dealkylation sites (N-methyl/N-ethyl adjacent to an activating group) is 1. The van der Waals surface area contributed by atoms with E-state index in [2.05, 4.69) is 0 Å². The summed E-state index contributed by atoms with van der Waals surface area (Å²) in [5.41, 5.74) is 0. The molecular formula is C8H17NO3+. The minimum atomic E-state index is -0.806. The molecule has 0 bridgehead atoms. The highest BCUT2D eigenvalue weighted by atomic mass is 16.4. The van der Waals surface area contributed by atoms with Crippen LogP contribution in [-0.4, -0.2) is 48.8 Å². The summed E-state index contributed by atoms with van der Waals surface area (Å²) in [4.78, 5) is 10.2. The first-order valence-corrected chi connectivity index (χ1v) is 4.03. The van der Waals surface area contributed by atoms with Crippen molar-refractivity contribution < 1.29 is 19.5 Å². The second-order valence-electron chi connectivity index (χ2n) is 3.80. The molecule has 0 heterocycles. The van der Waals surface area contributed by atoms with Gasteiger partial charge in [0, 0.05) is 0 Å². The smallest absolute Gasteiger partial charge is 0.309 e. The SMILES string of the molecule is CC([O])C[N+](C)(C)CCC(=O)O. The fourth-order valence-electron chi connectivity index (χ4n) is 1.19. The molecule has 0 rings (SSSR count). The van der Waals surface area contributed by atoms with Gasteiger partial charge in [-0.25, -0.2) is 5.11 Å². The highest BCUT2D eigenvalue weighted by molar-refractivity contribution is 5.66. The van der Waals surface area contributed by atoms with Crippen LogP contribution in [0.5, 0.6) is 0 Å². The van der Waals surface area contributed by atoms with Gasteiger partial charge in [0.1, 0.15) is 12.6 Å². The maximum absolute atomic E-state index is 10.8. The second-order valence-corrected chi connectivity index (χ2v) is 3.80. The average Bonchev–Trinajstić information content (AvgIpc) is 1.81. The Kier molecular flexibility index (Phi) is 4.20. The largest absolute Gasteiger partial charge is 0.481 e. The maximum atomic E-state index is 10.8. The Hall–Kier alpha value is -0.610. The van der Waals surface area contributed by atoms with E-state index in [1.54, 1.807) is 6.92 Å². The topological polar surface area (TPSA) is 57.2 Å². The summed E-state index contributed by atoms with van der Waals surface area (Å²) in [6, 6.07) is 0. The molecule has 0 aromatic rings. The predicted octanol–water partition coefficient (Wildman–Crippen LogP) is 0.356. The number of carboxylic acids is 1. The van der Waals surface area contributed by atoms with Crippen LogP contribution >= 0.6 is 0 Å². The van der Waals surface area contributed by atoms with Gasteiger partial charge in [-0.1, -0.05) is 0 Å². The summed E-state index contributed by atoms with van der Waals surface area (Å²) >= 11 is 0. The highest BCUT2D eigenvalue weighted by Gasteiger charge is 2.19. The van der Waals surface area contributed by atoms with E-state index in [4.69, 9.17) is 5.11 Å². The number of rotatable bonds is 5. The van der Waals surface area contributed by atoms with Gasteiger partial charge >= 0.3 is 5.97 Å². The van der Waals surface area contributed by atoms with E-state index in [9.17, 15) is 9.90 Å². The Morgan fingerprint density at radius 1 is 1.50 bits per heavy atom. The maximum Gasteiger partial charge on any atom is 0.309 e. The van der Waals surface area contributed by atoms with E-state index in [0.29, 0.717) is 17.6 Å². The molecule has 0 aromatic heterocycles. The van der Waals surface area contributed by atoms with Gasteiger partial charge in [-0.05, 0) is 6.92 Å². The molecule has 0 aliphatic heterocycles. The molecule has 1 radical (unpaired) electrons. The first-order valence-electron chi connectivity index (χ1n) is 4.03. The van der Waals surface area contributed by atoms with Gasteiger partial charge in [-0.15, -0.1) is 0 Å². The zero-order valence-electron chi connectivity index (χ0n) is 7.91. The summed E-state index contributed by atoms with van der Waals surface area (Å²) < 4.78 is 0.483. The Labute approximate surface area is 73.0 Å². The molecule has 4 nitrogen and oxygen atoms in total. The molecule has 0 amide bonds. The molecule has 0 aliphatic carbocycles. The van der Waals surface area contributed by atoms with Crippen LogP contribution in [0.15, 0.2) is 0 Å². The van der Waals surface area contributed by atoms with E-state index >= 15 is 0 Å². The van der Waals surface area contributed by atoms with Gasteiger partial charge in [0.2, 0.25) is 0 Å². The van der Waals surface area contributed by atoms with E-state index < -0.39 is 12.1 Å². The predicted molar refractivity (Wildman–Crippen MR) is 44.2 cm³/mol. The molecule has 71 valence electrons. The number of carbonyl (C=O) groups is 1. The van der Waals surface area contributed by atoms with Crippen LogP contribution in [0.2, 0.25) is 0 Å². The third-order valence-electron chi connectivity index (χ3n) is 1.68. The first-order chi connectivity index (χ1) is 5.33. The Bertz CT molecular complexity index is 154. The van der Waals surface area contributed by atoms with Crippen LogP contribution < -0.4 is 0 Å². The van der Waals surface area contributed by atoms with E-state index in [-0.39, 0.29) is 6.42 Å². The second kappa shape index (κ2) is 4.42. The zero-order valence-corrected chi connectivity index (χ0v) is 7.91. The van der Waals surface area contributed by atoms with Crippen molar-refractivity contribution in [2.75, 3.05) is 27.2 Å². The lowest BCUT2D eigenvalue weighted by molar-refractivity contribution is -0.893. The van der Waals surface area contributed by atoms with Gasteiger partial charge in [0.05, 0.1) is 27.1 Å². The number of hydrogen-bond acceptors (Lipinski definition) is 1. The monoisotopic (exact) mass is 175 g/mol. The summed E-state index contributed by atoms with van der Waals surface area (Å²) in [6.45, 7) is 2.59. The van der Waals surface area contributed by atoms with Crippen LogP contribution in [-0.2, 0) is 9.90 Å². The lowest BCUT2D eigenvalue weighted by Gasteiger charge is -2.29. The standard InChI is InChI=1S/C8H16NO3/c1-7(10)6-9(2,3)5-4-8(11)12/h7H,4-6H2,1-3H3/p+1. The summed E-state index contributed by atoms with van der Waals surface area (Å²) in [5.74, 6) is -0.806. The van der Waals surface area contributed by atoms with E-state index in [1.807, 2.05) is 14.1 Å². The van der Waals surface area contributed by atoms with Crippen molar-refractivity contribution in [1.29, 1.82) is 0 Å². The lowest BCUT2D eigenvalue weighted by atomic mass is 10.3. The fraction of sp³-hybridized carbons (Fsp3) is 0.875. The highest BCUT2D eigenvalue weighted by Crippen LogP contribution is 2.01. The van der Waals surface area contributed by atoms with Crippen molar-refractivity contribution in [1.82, 2.24) is 0 Å². The van der Waals surface area contributed by atoms with Crippen LogP contribution in [0.25, 0.3) is 0 Å². The van der Waals surface area contributed by atoms with Crippen molar-refractivity contribution in [3.63, 3.8) is 0 Å². The molecule has 0 spiro atoms. The van der Waals surface area contributed by atoms with Crippen LogP contribution in [0.4, 0.5) is 0 Å². The first kappa shape index (κ1) is 11.4. The molecule has 0 aliphatic rings. The molecule has 0 saturated carbocycles. The van der Waals surface area contributed by atoms with Crippen molar-refractivity contribution >= 4 is 5.97 Å². The van der Waals surface area contributed by atoms with E-state index in [0.717, 1.165) is 0 Å². The van der Waals surface area contributed by atoms with Crippen molar-refractivity contribution in [3.05, 3.63) is 0 Å². The third kappa shape index (κ3) is 6.12. The van der Waals surface area contributed by atoms with Crippen molar-refractivity contribution in [3.8, 4) is 0 Å². The minimum Gasteiger partial charge on any atom is -0.481 e. The third-order valence-corrected chi connectivity index (χ3v) is 1.68. The van der Waals surface area contributed by atoms with Crippen LogP contribution in [0, 0.1) is 0 Å². The normalized spacial score (nSPS) is 14.3. The Morgan fingerprint density at radius 3 is 2.33 bits per heavy atom. The lowest BCUT2D eigenvalue weighted by Crippen LogP contribution is -2.45. The number of aliphatic carboxylic acids is 1. The zero-order chi connectivity index (χ0) is 9.78. The average molecular weight is 175 g/mol. The molecular weight excluding hydrogens is 158 g/mol. The summed E-state index contributed by atoms with van der Waals surface area (Å²) in [6.07, 6.45) is -0.506. The molecule has 1 N–H and O–H groups in total. The fourth-order valence-corrected chi connectivity index (χ4v) is 1.19. The quantitative estimate of drug-likeness (QED) is 0.613. The molecule has 1 atom stereocenters. The van der Waals surface area contributed by atoms with Crippen LogP contribution in [0.3, 0.4) is 0 Å². The number of carboxylic acid groups (broad SMARTS) is 1. The van der Waals surface area contributed by atoms with Gasteiger partial charge in [-0.3, -0.25) is 4.79 Å². The number of quaternary nitrogens is 1. The summed E-state index contributed by atoms with van der Waals surface area (Å²) in [7, 11) is 3.74. The summed E-state index contributed by atoms with van der Waals surface area (Å²) in [5, 5.41) is 19.2. The molecule has 1 unspecified atom stereocenters. The Balaban J connectivity index is 3.78. The number of nitrogens with zero attached hydrogens (tertiary/aromatic N) is 1. The molecule has 0 fully saturated rings. The van der Waals surface area contributed by atoms with Gasteiger partial charge in [-0.2, -0.15) is 0 Å². The number of hydrogen-bond donors (Lipinski definition) is 1. The Morgan fingerprint density at radius 2 is 2.00 bits per heavy atom. The van der Waals surface area contributed by atoms with Gasteiger partial charge < -0.3 is 9.59 Å². The van der Waals surface area contributed by atoms with E-state index in [1.165, 1.54) is 0 Å². The minimum absolute atomic E-state index is 0.125. The molecule has 4 heteroatoms. The van der Waals surface area contributed by atoms with Crippen LogP contribution in [0.1, 0.15) is 13.3 Å². The molecule has 12 heavy (non-hydrogen) atoms. The molecule has 0 aromatic carbocycles. The van der Waals surface area contributed by atoms with Crippen molar-refractivity contribution in [2.45, 2.75) is 19.4 Å². The molecule has 0 saturated heterocycles.